The van der Waals surface area contributed by atoms with Crippen molar-refractivity contribution in [3.8, 4) is 0 Å². The summed E-state index contributed by atoms with van der Waals surface area (Å²) in [6.07, 6.45) is 3.82. The van der Waals surface area contributed by atoms with Crippen molar-refractivity contribution in [2.45, 2.75) is 18.3 Å². The maximum absolute atomic E-state index is 6.02. The summed E-state index contributed by atoms with van der Waals surface area (Å²) in [6, 6.07) is 14.1. The Hall–Kier alpha value is -1.58. The number of benzene rings is 1. The second-order valence-corrected chi connectivity index (χ2v) is 5.90. The fourth-order valence-corrected chi connectivity index (χ4v) is 2.99. The van der Waals surface area contributed by atoms with E-state index in [2.05, 4.69) is 22.4 Å². The molecule has 0 radical (unpaired) electrons. The smallest absolute Gasteiger partial charge is 0.125 e. The third-order valence-corrected chi connectivity index (χ3v) is 4.43. The zero-order chi connectivity index (χ0) is 14.5. The van der Waals surface area contributed by atoms with E-state index in [1.165, 1.54) is 5.56 Å². The fourth-order valence-electron chi connectivity index (χ4n) is 2.86. The highest BCUT2D eigenvalue weighted by atomic mass is 35.5. The van der Waals surface area contributed by atoms with Crippen molar-refractivity contribution >= 4 is 17.4 Å². The van der Waals surface area contributed by atoms with Crippen LogP contribution in [0.3, 0.4) is 0 Å². The molecule has 3 nitrogen and oxygen atoms in total. The number of rotatable bonds is 4. The van der Waals surface area contributed by atoms with Crippen molar-refractivity contribution in [2.24, 2.45) is 0 Å². The maximum Gasteiger partial charge on any atom is 0.125 e. The van der Waals surface area contributed by atoms with Crippen molar-refractivity contribution < 1.29 is 4.74 Å². The van der Waals surface area contributed by atoms with Crippen LogP contribution in [0.5, 0.6) is 0 Å². The van der Waals surface area contributed by atoms with Crippen LogP contribution in [0.1, 0.15) is 18.4 Å². The first-order valence-electron chi connectivity index (χ1n) is 7.27. The monoisotopic (exact) mass is 302 g/mol. The summed E-state index contributed by atoms with van der Waals surface area (Å²) in [5.41, 5.74) is 1.40. The molecule has 0 saturated carbocycles. The SMILES string of the molecule is Clc1ccc(C2(CNc3ccccn3)CCOCC2)cc1. The molecule has 4 heteroatoms. The number of pyridine rings is 1. The molecule has 110 valence electrons. The molecule has 0 bridgehead atoms. The van der Waals surface area contributed by atoms with Crippen molar-refractivity contribution in [1.29, 1.82) is 0 Å². The number of nitrogens with one attached hydrogen (secondary N) is 1. The molecular formula is C17H19ClN2O. The van der Waals surface area contributed by atoms with Gasteiger partial charge in [-0.25, -0.2) is 4.98 Å². The summed E-state index contributed by atoms with van der Waals surface area (Å²) < 4.78 is 5.55. The second kappa shape index (κ2) is 6.46. The Morgan fingerprint density at radius 2 is 1.86 bits per heavy atom. The lowest BCUT2D eigenvalue weighted by Crippen LogP contribution is -2.40. The zero-order valence-corrected chi connectivity index (χ0v) is 12.6. The van der Waals surface area contributed by atoms with E-state index < -0.39 is 0 Å². The highest BCUT2D eigenvalue weighted by Crippen LogP contribution is 2.35. The number of hydrogen-bond donors (Lipinski definition) is 1. The Bertz CT molecular complexity index is 565. The first-order valence-corrected chi connectivity index (χ1v) is 7.65. The topological polar surface area (TPSA) is 34.2 Å². The summed E-state index contributed by atoms with van der Waals surface area (Å²) in [6.45, 7) is 2.45. The van der Waals surface area contributed by atoms with E-state index in [1.807, 2.05) is 30.3 Å². The Morgan fingerprint density at radius 3 is 2.52 bits per heavy atom. The Labute approximate surface area is 130 Å². The van der Waals surface area contributed by atoms with Crippen molar-refractivity contribution in [3.63, 3.8) is 0 Å². The van der Waals surface area contributed by atoms with Crippen LogP contribution in [0.15, 0.2) is 48.7 Å². The summed E-state index contributed by atoms with van der Waals surface area (Å²) in [4.78, 5) is 4.34. The van der Waals surface area contributed by atoms with E-state index in [0.29, 0.717) is 0 Å². The van der Waals surface area contributed by atoms with Gasteiger partial charge in [0.15, 0.2) is 0 Å². The van der Waals surface area contributed by atoms with Crippen LogP contribution < -0.4 is 5.32 Å². The van der Waals surface area contributed by atoms with Crippen molar-refractivity contribution in [3.05, 3.63) is 59.2 Å². The maximum atomic E-state index is 6.02. The average Bonchev–Trinajstić information content (AvgIpc) is 2.55. The standard InChI is InChI=1S/C17H19ClN2O/c18-15-6-4-14(5-7-15)17(8-11-21-12-9-17)13-20-16-3-1-2-10-19-16/h1-7,10H,8-9,11-13H2,(H,19,20). The number of halogens is 1. The van der Waals surface area contributed by atoms with Gasteiger partial charge in [-0.15, -0.1) is 0 Å². The molecule has 1 aliphatic rings. The molecular weight excluding hydrogens is 284 g/mol. The fraction of sp³-hybridized carbons (Fsp3) is 0.353. The summed E-state index contributed by atoms with van der Waals surface area (Å²) in [5.74, 6) is 0.914. The van der Waals surface area contributed by atoms with Gasteiger partial charge in [0.05, 0.1) is 0 Å². The molecule has 1 N–H and O–H groups in total. The van der Waals surface area contributed by atoms with Crippen LogP contribution >= 0.6 is 11.6 Å². The highest BCUT2D eigenvalue weighted by Gasteiger charge is 2.34. The zero-order valence-electron chi connectivity index (χ0n) is 11.9. The van der Waals surface area contributed by atoms with Gasteiger partial charge in [-0.3, -0.25) is 0 Å². The first-order chi connectivity index (χ1) is 10.3. The molecule has 1 aliphatic heterocycles. The molecule has 1 saturated heterocycles. The van der Waals surface area contributed by atoms with Gasteiger partial charge < -0.3 is 10.1 Å². The molecule has 3 rings (SSSR count). The summed E-state index contributed by atoms with van der Waals surface area (Å²) in [7, 11) is 0. The number of hydrogen-bond acceptors (Lipinski definition) is 3. The predicted octanol–water partition coefficient (Wildman–Crippen LogP) is 3.90. The molecule has 1 aromatic heterocycles. The lowest BCUT2D eigenvalue weighted by molar-refractivity contribution is 0.0543. The minimum Gasteiger partial charge on any atom is -0.381 e. The van der Waals surface area contributed by atoms with Crippen LogP contribution in [0.2, 0.25) is 5.02 Å². The average molecular weight is 303 g/mol. The van der Waals surface area contributed by atoms with E-state index in [4.69, 9.17) is 16.3 Å². The normalized spacial score (nSPS) is 17.4. The van der Waals surface area contributed by atoms with Gasteiger partial charge in [-0.2, -0.15) is 0 Å². The molecule has 21 heavy (non-hydrogen) atoms. The van der Waals surface area contributed by atoms with Gasteiger partial charge in [0.1, 0.15) is 5.82 Å². The first kappa shape index (κ1) is 14.4. The van der Waals surface area contributed by atoms with Crippen LogP contribution in [-0.4, -0.2) is 24.7 Å². The van der Waals surface area contributed by atoms with Crippen LogP contribution in [0.4, 0.5) is 5.82 Å². The van der Waals surface area contributed by atoms with Gasteiger partial charge in [-0.1, -0.05) is 29.8 Å². The minimum absolute atomic E-state index is 0.0837. The van der Waals surface area contributed by atoms with E-state index >= 15 is 0 Å². The third kappa shape index (κ3) is 3.36. The van der Waals surface area contributed by atoms with Gasteiger partial charge in [0.25, 0.3) is 0 Å². The minimum atomic E-state index is 0.0837. The van der Waals surface area contributed by atoms with Crippen molar-refractivity contribution in [2.75, 3.05) is 25.1 Å². The van der Waals surface area contributed by atoms with Crippen LogP contribution in [-0.2, 0) is 10.2 Å². The molecule has 1 fully saturated rings. The van der Waals surface area contributed by atoms with E-state index in [0.717, 1.165) is 43.4 Å². The molecule has 0 unspecified atom stereocenters. The number of ether oxygens (including phenoxy) is 1. The van der Waals surface area contributed by atoms with Crippen LogP contribution in [0, 0.1) is 0 Å². The molecule has 0 aliphatic carbocycles. The Balaban J connectivity index is 1.81. The molecule has 2 heterocycles. The highest BCUT2D eigenvalue weighted by molar-refractivity contribution is 6.30. The Morgan fingerprint density at radius 1 is 1.10 bits per heavy atom. The molecule has 2 aromatic rings. The van der Waals surface area contributed by atoms with Gasteiger partial charge in [-0.05, 0) is 42.7 Å². The third-order valence-electron chi connectivity index (χ3n) is 4.18. The summed E-state index contributed by atoms with van der Waals surface area (Å²) >= 11 is 6.02. The lowest BCUT2D eigenvalue weighted by atomic mass is 9.74. The van der Waals surface area contributed by atoms with Crippen molar-refractivity contribution in [1.82, 2.24) is 4.98 Å². The molecule has 0 atom stereocenters. The van der Waals surface area contributed by atoms with Crippen LogP contribution in [0.25, 0.3) is 0 Å². The quantitative estimate of drug-likeness (QED) is 0.930. The molecule has 0 amide bonds. The Kier molecular flexibility index (Phi) is 4.42. The number of nitrogens with zero attached hydrogens (tertiary/aromatic N) is 1. The van der Waals surface area contributed by atoms with Gasteiger partial charge >= 0.3 is 0 Å². The van der Waals surface area contributed by atoms with Gasteiger partial charge in [0.2, 0.25) is 0 Å². The molecule has 0 spiro atoms. The van der Waals surface area contributed by atoms with Gasteiger partial charge in [0, 0.05) is 36.4 Å². The van der Waals surface area contributed by atoms with E-state index in [1.54, 1.807) is 6.20 Å². The number of anilines is 1. The largest absolute Gasteiger partial charge is 0.381 e. The van der Waals surface area contributed by atoms with E-state index in [-0.39, 0.29) is 5.41 Å². The number of aromatic nitrogens is 1. The second-order valence-electron chi connectivity index (χ2n) is 5.47. The molecule has 1 aromatic carbocycles. The predicted molar refractivity (Wildman–Crippen MR) is 85.9 cm³/mol. The van der Waals surface area contributed by atoms with E-state index in [9.17, 15) is 0 Å². The summed E-state index contributed by atoms with van der Waals surface area (Å²) in [5, 5.41) is 4.25. The lowest BCUT2D eigenvalue weighted by Gasteiger charge is -2.38.